The molecule has 158 valence electrons. The van der Waals surface area contributed by atoms with Gasteiger partial charge in [0, 0.05) is 37.1 Å². The number of anilines is 2. The van der Waals surface area contributed by atoms with E-state index in [1.807, 2.05) is 35.0 Å². The molecule has 1 aromatic carbocycles. The second-order valence-electron chi connectivity index (χ2n) is 7.01. The van der Waals surface area contributed by atoms with E-state index in [1.54, 1.807) is 12.1 Å². The second kappa shape index (κ2) is 9.06. The van der Waals surface area contributed by atoms with Gasteiger partial charge < -0.3 is 20.3 Å². The molecule has 4 rings (SSSR count). The minimum atomic E-state index is -0.709. The fourth-order valence-corrected chi connectivity index (χ4v) is 3.19. The van der Waals surface area contributed by atoms with E-state index in [0.717, 1.165) is 30.0 Å². The molecule has 1 aliphatic heterocycles. The van der Waals surface area contributed by atoms with Crippen molar-refractivity contribution in [3.63, 3.8) is 0 Å². The molecule has 0 aliphatic carbocycles. The molecular weight excluding hydrogens is 391 g/mol. The Balaban J connectivity index is 1.52. The number of nitrogens with zero attached hydrogens (tertiary/aromatic N) is 4. The molecule has 1 fully saturated rings. The first-order valence-corrected chi connectivity index (χ1v) is 9.75. The van der Waals surface area contributed by atoms with E-state index in [-0.39, 0.29) is 6.54 Å². The zero-order valence-corrected chi connectivity index (χ0v) is 16.5. The topological polar surface area (TPSA) is 93.0 Å². The molecule has 1 aliphatic rings. The largest absolute Gasteiger partial charge is 0.378 e. The number of carbonyl (C=O) groups is 1. The van der Waals surface area contributed by atoms with Gasteiger partial charge in [0.25, 0.3) is 0 Å². The summed E-state index contributed by atoms with van der Waals surface area (Å²) in [5.74, 6) is 1.46. The predicted octanol–water partition coefficient (Wildman–Crippen LogP) is 2.64. The number of ether oxygens (including phenoxy) is 1. The van der Waals surface area contributed by atoms with E-state index >= 15 is 0 Å². The van der Waals surface area contributed by atoms with Crippen LogP contribution in [0.15, 0.2) is 42.6 Å². The Morgan fingerprint density at radius 2 is 2.03 bits per heavy atom. The SMILES string of the molecule is CC(CNC(=O)Nc1ccc(-c2nc(N3CCOCC3)c3cccn3n2)cc1)OF. The van der Waals surface area contributed by atoms with Crippen molar-refractivity contribution in [2.24, 2.45) is 0 Å². The van der Waals surface area contributed by atoms with E-state index in [0.29, 0.717) is 24.7 Å². The summed E-state index contributed by atoms with van der Waals surface area (Å²) in [5, 5.41) is 9.83. The first kappa shape index (κ1) is 20.0. The lowest BCUT2D eigenvalue weighted by atomic mass is 10.2. The van der Waals surface area contributed by atoms with Gasteiger partial charge in [-0.05, 0) is 47.8 Å². The third-order valence-electron chi connectivity index (χ3n) is 4.79. The summed E-state index contributed by atoms with van der Waals surface area (Å²) in [4.78, 5) is 22.5. The summed E-state index contributed by atoms with van der Waals surface area (Å²) < 4.78 is 19.3. The molecule has 0 saturated carbocycles. The molecule has 3 heterocycles. The molecule has 1 unspecified atom stereocenters. The van der Waals surface area contributed by atoms with Gasteiger partial charge in [0.05, 0.1) is 13.2 Å². The van der Waals surface area contributed by atoms with Crippen molar-refractivity contribution in [2.45, 2.75) is 13.0 Å². The summed E-state index contributed by atoms with van der Waals surface area (Å²) in [7, 11) is 0. The van der Waals surface area contributed by atoms with Crippen LogP contribution in [0.25, 0.3) is 16.9 Å². The van der Waals surface area contributed by atoms with Crippen LogP contribution in [0, 0.1) is 0 Å². The molecule has 0 bridgehead atoms. The number of urea groups is 1. The maximum atomic E-state index is 12.0. The van der Waals surface area contributed by atoms with Crippen LogP contribution in [0.5, 0.6) is 0 Å². The zero-order chi connectivity index (χ0) is 20.9. The van der Waals surface area contributed by atoms with Gasteiger partial charge in [-0.15, -0.1) is 5.10 Å². The van der Waals surface area contributed by atoms with Crippen LogP contribution in [-0.4, -0.2) is 59.6 Å². The summed E-state index contributed by atoms with van der Waals surface area (Å²) in [6.07, 6.45) is 1.19. The molecular formula is C20H23FN6O3. The van der Waals surface area contributed by atoms with Crippen LogP contribution in [0.1, 0.15) is 6.92 Å². The molecule has 2 N–H and O–H groups in total. The molecule has 1 saturated heterocycles. The number of halogens is 1. The van der Waals surface area contributed by atoms with E-state index in [4.69, 9.17) is 9.72 Å². The third-order valence-corrected chi connectivity index (χ3v) is 4.79. The van der Waals surface area contributed by atoms with E-state index in [1.165, 1.54) is 6.92 Å². The van der Waals surface area contributed by atoms with Crippen molar-refractivity contribution >= 4 is 23.1 Å². The number of morpholine rings is 1. The van der Waals surface area contributed by atoms with E-state index in [2.05, 4.69) is 25.6 Å². The average Bonchev–Trinajstić information content (AvgIpc) is 3.26. The van der Waals surface area contributed by atoms with Crippen molar-refractivity contribution in [1.82, 2.24) is 19.9 Å². The van der Waals surface area contributed by atoms with Crippen molar-refractivity contribution in [3.05, 3.63) is 42.6 Å². The van der Waals surface area contributed by atoms with Gasteiger partial charge in [-0.3, -0.25) is 0 Å². The lowest BCUT2D eigenvalue weighted by Crippen LogP contribution is -2.37. The van der Waals surface area contributed by atoms with Crippen LogP contribution < -0.4 is 15.5 Å². The van der Waals surface area contributed by atoms with Gasteiger partial charge in [-0.25, -0.2) is 14.3 Å². The number of hydrogen-bond donors (Lipinski definition) is 2. The van der Waals surface area contributed by atoms with Crippen molar-refractivity contribution in [1.29, 1.82) is 0 Å². The zero-order valence-electron chi connectivity index (χ0n) is 16.5. The lowest BCUT2D eigenvalue weighted by molar-refractivity contribution is -0.169. The number of fused-ring (bicyclic) bond motifs is 1. The maximum Gasteiger partial charge on any atom is 0.319 e. The highest BCUT2D eigenvalue weighted by Gasteiger charge is 2.18. The summed E-state index contributed by atoms with van der Waals surface area (Å²) in [6.45, 7) is 4.48. The second-order valence-corrected chi connectivity index (χ2v) is 7.01. The Bertz CT molecular complexity index is 1000. The van der Waals surface area contributed by atoms with E-state index < -0.39 is 12.1 Å². The molecule has 1 atom stereocenters. The van der Waals surface area contributed by atoms with Crippen molar-refractivity contribution < 1.29 is 19.0 Å². The molecule has 0 radical (unpaired) electrons. The first-order valence-electron chi connectivity index (χ1n) is 9.75. The highest BCUT2D eigenvalue weighted by molar-refractivity contribution is 5.89. The number of nitrogens with one attached hydrogen (secondary N) is 2. The van der Waals surface area contributed by atoms with Gasteiger partial charge in [-0.2, -0.15) is 4.94 Å². The van der Waals surface area contributed by atoms with Gasteiger partial charge >= 0.3 is 6.03 Å². The fourth-order valence-electron chi connectivity index (χ4n) is 3.19. The van der Waals surface area contributed by atoms with Crippen molar-refractivity contribution in [3.8, 4) is 11.4 Å². The Morgan fingerprint density at radius 3 is 2.77 bits per heavy atom. The molecule has 30 heavy (non-hydrogen) atoms. The van der Waals surface area contributed by atoms with Crippen molar-refractivity contribution in [2.75, 3.05) is 43.1 Å². The molecule has 9 nitrogen and oxygen atoms in total. The van der Waals surface area contributed by atoms with Gasteiger partial charge in [0.1, 0.15) is 11.6 Å². The standard InChI is InChI=1S/C20H23FN6O3/c1-14(30-21)13-22-20(28)23-16-6-4-15(5-7-16)18-24-19(26-9-11-29-12-10-26)17-3-2-8-27(17)25-18/h2-8,14H,9-13H2,1H3,(H2,22,23,28). The Hall–Kier alpha value is -3.24. The number of benzene rings is 1. The molecule has 2 aromatic heterocycles. The summed E-state index contributed by atoms with van der Waals surface area (Å²) >= 11 is 0. The van der Waals surface area contributed by atoms with Crippen LogP contribution in [-0.2, 0) is 9.68 Å². The molecule has 2 amide bonds. The van der Waals surface area contributed by atoms with Gasteiger partial charge in [0.15, 0.2) is 11.6 Å². The number of amides is 2. The first-order chi connectivity index (χ1) is 14.6. The monoisotopic (exact) mass is 414 g/mol. The molecule has 3 aromatic rings. The number of carbonyl (C=O) groups excluding carboxylic acids is 1. The Morgan fingerprint density at radius 1 is 1.27 bits per heavy atom. The normalized spacial score (nSPS) is 15.2. The van der Waals surface area contributed by atoms with E-state index in [9.17, 15) is 9.32 Å². The number of rotatable bonds is 6. The fraction of sp³-hybridized carbons (Fsp3) is 0.350. The summed E-state index contributed by atoms with van der Waals surface area (Å²) in [6, 6.07) is 10.7. The van der Waals surface area contributed by atoms with Crippen LogP contribution in [0.2, 0.25) is 0 Å². The van der Waals surface area contributed by atoms with Crippen LogP contribution in [0.4, 0.5) is 20.8 Å². The Labute approximate surface area is 172 Å². The number of hydrogen-bond acceptors (Lipinski definition) is 6. The van der Waals surface area contributed by atoms with Gasteiger partial charge in [0.2, 0.25) is 0 Å². The predicted molar refractivity (Wildman–Crippen MR) is 110 cm³/mol. The minimum absolute atomic E-state index is 0.0649. The molecule has 0 spiro atoms. The van der Waals surface area contributed by atoms with Crippen LogP contribution >= 0.6 is 0 Å². The van der Waals surface area contributed by atoms with Gasteiger partial charge in [-0.1, -0.05) is 0 Å². The highest BCUT2D eigenvalue weighted by atomic mass is 19.3. The lowest BCUT2D eigenvalue weighted by Gasteiger charge is -2.28. The third kappa shape index (κ3) is 4.50. The quantitative estimate of drug-likeness (QED) is 0.644. The highest BCUT2D eigenvalue weighted by Crippen LogP contribution is 2.25. The number of aromatic nitrogens is 3. The smallest absolute Gasteiger partial charge is 0.319 e. The maximum absolute atomic E-state index is 12.0. The van der Waals surface area contributed by atoms with Crippen LogP contribution in [0.3, 0.4) is 0 Å². The Kier molecular flexibility index (Phi) is 6.05. The minimum Gasteiger partial charge on any atom is -0.378 e. The molecule has 10 heteroatoms. The average molecular weight is 414 g/mol. The summed E-state index contributed by atoms with van der Waals surface area (Å²) in [5.41, 5.74) is 2.37.